The summed E-state index contributed by atoms with van der Waals surface area (Å²) in [6.07, 6.45) is 23.2. The quantitative estimate of drug-likeness (QED) is 0.0250. The molecule has 0 radical (unpaired) electrons. The van der Waals surface area contributed by atoms with Crippen LogP contribution in [0.15, 0.2) is 84.9 Å². The van der Waals surface area contributed by atoms with Crippen molar-refractivity contribution >= 4 is 55.0 Å². The lowest BCUT2D eigenvalue weighted by molar-refractivity contribution is -0.135. The summed E-state index contributed by atoms with van der Waals surface area (Å²) in [7, 11) is 0. The third kappa shape index (κ3) is 11.4. The molecule has 4 nitrogen and oxygen atoms in total. The summed E-state index contributed by atoms with van der Waals surface area (Å²) >= 11 is 0. The molecule has 0 amide bonds. The van der Waals surface area contributed by atoms with Crippen molar-refractivity contribution in [3.8, 4) is 22.6 Å². The van der Waals surface area contributed by atoms with Gasteiger partial charge in [0.2, 0.25) is 0 Å². The van der Waals surface area contributed by atoms with Crippen LogP contribution in [0.1, 0.15) is 167 Å². The topological polar surface area (TPSA) is 52.6 Å². The first kappa shape index (κ1) is 44.8. The van der Waals surface area contributed by atoms with E-state index in [-0.39, 0.29) is 11.9 Å². The van der Waals surface area contributed by atoms with Crippen molar-refractivity contribution in [3.05, 3.63) is 96.1 Å². The Labute approximate surface area is 360 Å². The minimum absolute atomic E-state index is 0.175. The summed E-state index contributed by atoms with van der Waals surface area (Å²) in [4.78, 5) is 27.2. The lowest BCUT2D eigenvalue weighted by Crippen LogP contribution is -2.09. The highest BCUT2D eigenvalue weighted by Gasteiger charge is 2.25. The predicted molar refractivity (Wildman–Crippen MR) is 256 cm³/mol. The highest BCUT2D eigenvalue weighted by molar-refractivity contribution is 6.27. The summed E-state index contributed by atoms with van der Waals surface area (Å²) in [5.41, 5.74) is 4.86. The lowest BCUT2D eigenvalue weighted by atomic mass is 9.84. The molecule has 6 aromatic rings. The second-order valence-corrected chi connectivity index (χ2v) is 17.2. The van der Waals surface area contributed by atoms with Crippen LogP contribution in [0.4, 0.5) is 0 Å². The molecule has 0 saturated carbocycles. The van der Waals surface area contributed by atoms with Crippen LogP contribution in [0.5, 0.6) is 11.5 Å². The van der Waals surface area contributed by atoms with Gasteiger partial charge in [0.25, 0.3) is 0 Å². The van der Waals surface area contributed by atoms with Crippen LogP contribution in [0.3, 0.4) is 0 Å². The van der Waals surface area contributed by atoms with Gasteiger partial charge in [0.15, 0.2) is 0 Å². The summed E-state index contributed by atoms with van der Waals surface area (Å²) in [6.45, 7) is 8.91. The molecule has 6 aromatic carbocycles. The highest BCUT2D eigenvalue weighted by atomic mass is 16.5. The number of hydrogen-bond donors (Lipinski definition) is 0. The van der Waals surface area contributed by atoms with Crippen molar-refractivity contribution in [3.63, 3.8) is 0 Å². The molecule has 0 aliphatic rings. The minimum atomic E-state index is -0.175. The predicted octanol–water partition coefficient (Wildman–Crippen LogP) is 16.7. The first-order valence-electron chi connectivity index (χ1n) is 23.8. The first-order valence-corrected chi connectivity index (χ1v) is 23.8. The standard InChI is InChI=1S/C56H70O4/c1-5-9-13-17-19-27-41-35-37-47-49(39-41)53(43-29-23-25-31-45(43)55(47)59-51(57)33-21-15-11-7-3)54-44-30-24-26-32-46(44)56(60-52(58)34-22-16-12-8-4)48-38-36-42(40-50(48)54)28-20-18-14-10-6-2/h23-26,29-32,35-40H,5-22,27-28,33-34H2,1-4H3. The largest absolute Gasteiger partial charge is 0.425 e. The van der Waals surface area contributed by atoms with E-state index >= 15 is 0 Å². The maximum Gasteiger partial charge on any atom is 0.311 e. The van der Waals surface area contributed by atoms with Crippen molar-refractivity contribution in [2.75, 3.05) is 0 Å². The Balaban J connectivity index is 1.60. The zero-order valence-corrected chi connectivity index (χ0v) is 37.3. The van der Waals surface area contributed by atoms with Crippen LogP contribution in [-0.4, -0.2) is 11.9 Å². The third-order valence-corrected chi connectivity index (χ3v) is 12.4. The fourth-order valence-electron chi connectivity index (χ4n) is 9.03. The van der Waals surface area contributed by atoms with Gasteiger partial charge in [0.1, 0.15) is 11.5 Å². The van der Waals surface area contributed by atoms with Crippen molar-refractivity contribution in [2.45, 2.75) is 169 Å². The van der Waals surface area contributed by atoms with Crippen LogP contribution in [0.2, 0.25) is 0 Å². The molecule has 318 valence electrons. The van der Waals surface area contributed by atoms with Crippen molar-refractivity contribution in [1.29, 1.82) is 0 Å². The molecule has 60 heavy (non-hydrogen) atoms. The van der Waals surface area contributed by atoms with Crippen LogP contribution in [-0.2, 0) is 22.4 Å². The fourth-order valence-corrected chi connectivity index (χ4v) is 9.03. The summed E-state index contributed by atoms with van der Waals surface area (Å²) in [5.74, 6) is 0.944. The van der Waals surface area contributed by atoms with Crippen molar-refractivity contribution < 1.29 is 19.1 Å². The number of hydrogen-bond acceptors (Lipinski definition) is 4. The SMILES string of the molecule is CCCCCCCc1ccc2c(OC(=O)CCCCCC)c3ccccc3c(-c3c4ccccc4c(OC(=O)CCCCCC)c4ccc(CCCCCCC)cc34)c2c1. The third-order valence-electron chi connectivity index (χ3n) is 12.4. The number of ether oxygens (including phenoxy) is 2. The Bertz CT molecular complexity index is 2170. The second-order valence-electron chi connectivity index (χ2n) is 17.2. The van der Waals surface area contributed by atoms with Gasteiger partial charge in [-0.1, -0.05) is 203 Å². The smallest absolute Gasteiger partial charge is 0.311 e. The van der Waals surface area contributed by atoms with Gasteiger partial charge in [-0.25, -0.2) is 0 Å². The molecule has 0 saturated heterocycles. The molecule has 0 N–H and O–H groups in total. The van der Waals surface area contributed by atoms with Gasteiger partial charge in [-0.3, -0.25) is 9.59 Å². The molecule has 0 unspecified atom stereocenters. The van der Waals surface area contributed by atoms with Crippen LogP contribution in [0, 0.1) is 0 Å². The molecule has 0 fully saturated rings. The average Bonchev–Trinajstić information content (AvgIpc) is 3.27. The number of carbonyl (C=O) groups excluding carboxylic acids is 2. The molecule has 4 heteroatoms. The van der Waals surface area contributed by atoms with Gasteiger partial charge < -0.3 is 9.47 Å². The Morgan fingerprint density at radius 2 is 0.700 bits per heavy atom. The van der Waals surface area contributed by atoms with Crippen molar-refractivity contribution in [1.82, 2.24) is 0 Å². The van der Waals surface area contributed by atoms with Crippen LogP contribution >= 0.6 is 0 Å². The molecule has 0 aromatic heterocycles. The molecule has 0 spiro atoms. The van der Waals surface area contributed by atoms with Gasteiger partial charge in [0, 0.05) is 34.4 Å². The van der Waals surface area contributed by atoms with Gasteiger partial charge in [-0.15, -0.1) is 0 Å². The Morgan fingerprint density at radius 3 is 1.08 bits per heavy atom. The molecule has 0 aliphatic heterocycles. The fraction of sp³-hybridized carbons (Fsp3) is 0.464. The molecule has 0 aliphatic carbocycles. The number of carbonyl (C=O) groups is 2. The van der Waals surface area contributed by atoms with E-state index in [0.29, 0.717) is 24.3 Å². The number of benzene rings is 6. The maximum atomic E-state index is 13.6. The first-order chi connectivity index (χ1) is 29.5. The van der Waals surface area contributed by atoms with E-state index in [9.17, 15) is 9.59 Å². The van der Waals surface area contributed by atoms with E-state index in [2.05, 4.69) is 113 Å². The highest BCUT2D eigenvalue weighted by Crippen LogP contribution is 2.50. The van der Waals surface area contributed by atoms with Crippen LogP contribution < -0.4 is 9.47 Å². The Hall–Kier alpha value is -4.70. The molecule has 0 bridgehead atoms. The van der Waals surface area contributed by atoms with Crippen molar-refractivity contribution in [2.24, 2.45) is 0 Å². The number of fused-ring (bicyclic) bond motifs is 4. The second kappa shape index (κ2) is 23.3. The van der Waals surface area contributed by atoms with Crippen LogP contribution in [0.25, 0.3) is 54.2 Å². The summed E-state index contributed by atoms with van der Waals surface area (Å²) < 4.78 is 12.9. The van der Waals surface area contributed by atoms with Gasteiger partial charge in [0.05, 0.1) is 0 Å². The maximum absolute atomic E-state index is 13.6. The summed E-state index contributed by atoms with van der Waals surface area (Å²) in [5, 5.41) is 8.05. The monoisotopic (exact) mass is 807 g/mol. The molecular formula is C56H70O4. The number of unbranched alkanes of at least 4 members (excludes halogenated alkanes) is 14. The van der Waals surface area contributed by atoms with E-state index in [1.807, 2.05) is 0 Å². The molecule has 6 rings (SSSR count). The summed E-state index contributed by atoms with van der Waals surface area (Å²) in [6, 6.07) is 30.6. The zero-order valence-electron chi connectivity index (χ0n) is 37.3. The molecule has 0 atom stereocenters. The van der Waals surface area contributed by atoms with E-state index in [4.69, 9.17) is 9.47 Å². The number of rotatable bonds is 25. The van der Waals surface area contributed by atoms with E-state index in [1.165, 1.54) is 62.5 Å². The minimum Gasteiger partial charge on any atom is -0.425 e. The Kier molecular flexibility index (Phi) is 17.4. The average molecular weight is 807 g/mol. The van der Waals surface area contributed by atoms with E-state index < -0.39 is 0 Å². The lowest BCUT2D eigenvalue weighted by Gasteiger charge is -2.22. The number of esters is 2. The van der Waals surface area contributed by atoms with E-state index in [1.54, 1.807) is 0 Å². The van der Waals surface area contributed by atoms with E-state index in [0.717, 1.165) is 131 Å². The van der Waals surface area contributed by atoms with Gasteiger partial charge in [-0.2, -0.15) is 0 Å². The zero-order chi connectivity index (χ0) is 42.1. The molecule has 0 heterocycles. The van der Waals surface area contributed by atoms with Gasteiger partial charge in [-0.05, 0) is 82.3 Å². The normalized spacial score (nSPS) is 11.6. The Morgan fingerprint density at radius 1 is 0.367 bits per heavy atom. The number of aryl methyl sites for hydroxylation is 2. The molecular weight excluding hydrogens is 737 g/mol. The van der Waals surface area contributed by atoms with Gasteiger partial charge >= 0.3 is 11.9 Å².